The molecule has 1 aromatic rings. The van der Waals surface area contributed by atoms with E-state index in [0.717, 1.165) is 12.1 Å². The fraction of sp³-hybridized carbons (Fsp3) is 0.538. The molecule has 1 rings (SSSR count). The Morgan fingerprint density at radius 1 is 1.26 bits per heavy atom. The molecule has 1 aromatic carbocycles. The summed E-state index contributed by atoms with van der Waals surface area (Å²) in [5, 5.41) is 12.5. The van der Waals surface area contributed by atoms with Gasteiger partial charge in [0.05, 0.1) is 17.0 Å². The zero-order chi connectivity index (χ0) is 14.7. The Morgan fingerprint density at radius 2 is 1.79 bits per heavy atom. The predicted octanol–water partition coefficient (Wildman–Crippen LogP) is 1.51. The fourth-order valence-electron chi connectivity index (χ4n) is 1.51. The van der Waals surface area contributed by atoms with Crippen molar-refractivity contribution in [3.63, 3.8) is 0 Å². The summed E-state index contributed by atoms with van der Waals surface area (Å²) in [5.74, 6) is 0. The molecule has 0 amide bonds. The molecule has 0 aliphatic carbocycles. The van der Waals surface area contributed by atoms with Gasteiger partial charge in [-0.05, 0) is 37.6 Å². The van der Waals surface area contributed by atoms with Crippen molar-refractivity contribution in [1.29, 1.82) is 0 Å². The number of sulfonamides is 1. The molecule has 0 saturated heterocycles. The van der Waals surface area contributed by atoms with Crippen molar-refractivity contribution in [2.24, 2.45) is 0 Å². The zero-order valence-corrected chi connectivity index (χ0v) is 12.7. The lowest BCUT2D eigenvalue weighted by Gasteiger charge is -2.28. The van der Waals surface area contributed by atoms with E-state index < -0.39 is 15.6 Å². The molecule has 5 nitrogen and oxygen atoms in total. The van der Waals surface area contributed by atoms with Gasteiger partial charge in [0.2, 0.25) is 10.0 Å². The first-order valence-corrected chi connectivity index (χ1v) is 7.61. The van der Waals surface area contributed by atoms with E-state index in [1.54, 1.807) is 24.3 Å². The monoisotopic (exact) mass is 286 g/mol. The number of rotatable bonds is 6. The summed E-state index contributed by atoms with van der Waals surface area (Å²) in [6.07, 6.45) is 0.765. The van der Waals surface area contributed by atoms with Gasteiger partial charge in [-0.3, -0.25) is 0 Å². The van der Waals surface area contributed by atoms with Crippen LogP contribution in [0.15, 0.2) is 29.2 Å². The lowest BCUT2D eigenvalue weighted by Crippen LogP contribution is -2.37. The maximum absolute atomic E-state index is 11.9. The molecule has 108 valence electrons. The van der Waals surface area contributed by atoms with Crippen LogP contribution in [0.25, 0.3) is 0 Å². The van der Waals surface area contributed by atoms with Gasteiger partial charge >= 0.3 is 0 Å². The smallest absolute Gasteiger partial charge is 0.242 e. The van der Waals surface area contributed by atoms with E-state index >= 15 is 0 Å². The van der Waals surface area contributed by atoms with Gasteiger partial charge in [-0.2, -0.15) is 0 Å². The molecule has 0 aromatic heterocycles. The van der Waals surface area contributed by atoms with Crippen LogP contribution in [0.1, 0.15) is 20.3 Å². The molecule has 0 aliphatic rings. The lowest BCUT2D eigenvalue weighted by molar-refractivity contribution is 0.219. The Bertz CT molecular complexity index is 505. The number of hydrogen-bond acceptors (Lipinski definition) is 4. The molecule has 0 saturated carbocycles. The second-order valence-electron chi connectivity index (χ2n) is 5.01. The van der Waals surface area contributed by atoms with Crippen molar-refractivity contribution in [3.8, 4) is 0 Å². The number of aliphatic hydroxyl groups is 1. The van der Waals surface area contributed by atoms with Crippen LogP contribution in [0.5, 0.6) is 0 Å². The zero-order valence-electron chi connectivity index (χ0n) is 11.8. The molecule has 0 aliphatic heterocycles. The van der Waals surface area contributed by atoms with E-state index in [-0.39, 0.29) is 11.5 Å². The van der Waals surface area contributed by atoms with Crippen molar-refractivity contribution in [2.45, 2.75) is 30.7 Å². The van der Waals surface area contributed by atoms with Crippen LogP contribution < -0.4 is 5.32 Å². The molecular formula is C13H22N2O3S. The molecule has 0 fully saturated rings. The average Bonchev–Trinajstić information content (AvgIpc) is 2.39. The summed E-state index contributed by atoms with van der Waals surface area (Å²) >= 11 is 0. The summed E-state index contributed by atoms with van der Waals surface area (Å²) < 4.78 is 25.0. The summed E-state index contributed by atoms with van der Waals surface area (Å²) in [6, 6.07) is 6.54. The van der Waals surface area contributed by atoms with E-state index in [9.17, 15) is 13.5 Å². The highest BCUT2D eigenvalue weighted by atomic mass is 32.2. The minimum atomic E-state index is -3.39. The van der Waals surface area contributed by atoms with Crippen molar-refractivity contribution >= 4 is 15.7 Å². The highest BCUT2D eigenvalue weighted by molar-refractivity contribution is 7.89. The molecule has 1 atom stereocenters. The maximum atomic E-state index is 11.9. The molecule has 0 heterocycles. The van der Waals surface area contributed by atoms with Crippen LogP contribution in [0.2, 0.25) is 0 Å². The lowest BCUT2D eigenvalue weighted by atomic mass is 10.00. The third kappa shape index (κ3) is 3.68. The van der Waals surface area contributed by atoms with Gasteiger partial charge in [0.1, 0.15) is 0 Å². The van der Waals surface area contributed by atoms with E-state index in [1.165, 1.54) is 18.4 Å². The van der Waals surface area contributed by atoms with E-state index in [0.29, 0.717) is 0 Å². The van der Waals surface area contributed by atoms with Crippen molar-refractivity contribution in [2.75, 3.05) is 26.0 Å². The van der Waals surface area contributed by atoms with Crippen molar-refractivity contribution < 1.29 is 13.5 Å². The minimum Gasteiger partial charge on any atom is -0.394 e. The molecule has 2 N–H and O–H groups in total. The van der Waals surface area contributed by atoms with E-state index in [1.807, 2.05) is 13.8 Å². The maximum Gasteiger partial charge on any atom is 0.242 e. The predicted molar refractivity (Wildman–Crippen MR) is 76.7 cm³/mol. The summed E-state index contributed by atoms with van der Waals surface area (Å²) in [5.41, 5.74) is 0.387. The second-order valence-corrected chi connectivity index (χ2v) is 7.16. The Hall–Kier alpha value is -1.11. The number of nitrogens with one attached hydrogen (secondary N) is 1. The Kier molecular flexibility index (Phi) is 4.95. The summed E-state index contributed by atoms with van der Waals surface area (Å²) in [7, 11) is -0.390. The number of hydrogen-bond donors (Lipinski definition) is 2. The van der Waals surface area contributed by atoms with E-state index in [2.05, 4.69) is 5.32 Å². The normalized spacial score (nSPS) is 15.3. The summed E-state index contributed by atoms with van der Waals surface area (Å²) in [4.78, 5) is 0.255. The van der Waals surface area contributed by atoms with Crippen LogP contribution in [0.3, 0.4) is 0 Å². The minimum absolute atomic E-state index is 0.0151. The van der Waals surface area contributed by atoms with Gasteiger partial charge < -0.3 is 10.4 Å². The van der Waals surface area contributed by atoms with Crippen molar-refractivity contribution in [3.05, 3.63) is 24.3 Å². The third-order valence-corrected chi connectivity index (χ3v) is 5.04. The third-order valence-electron chi connectivity index (χ3n) is 3.21. The van der Waals surface area contributed by atoms with Gasteiger partial charge in [-0.15, -0.1) is 0 Å². The van der Waals surface area contributed by atoms with Crippen LogP contribution >= 0.6 is 0 Å². The molecule has 0 spiro atoms. The molecular weight excluding hydrogens is 264 g/mol. The molecule has 19 heavy (non-hydrogen) atoms. The standard InChI is InChI=1S/C13H22N2O3S/c1-5-13(2,10-16)14-11-6-8-12(9-7-11)19(17,18)15(3)4/h6-9,14,16H,5,10H2,1-4H3. The first-order chi connectivity index (χ1) is 8.75. The van der Waals surface area contributed by atoms with Crippen LogP contribution in [-0.2, 0) is 10.0 Å². The van der Waals surface area contributed by atoms with Crippen LogP contribution in [-0.4, -0.2) is 44.1 Å². The van der Waals surface area contributed by atoms with Gasteiger partial charge in [0.15, 0.2) is 0 Å². The highest BCUT2D eigenvalue weighted by Gasteiger charge is 2.21. The SMILES string of the molecule is CCC(C)(CO)Nc1ccc(S(=O)(=O)N(C)C)cc1. The Labute approximate surface area is 115 Å². The Morgan fingerprint density at radius 3 is 2.16 bits per heavy atom. The van der Waals surface area contributed by atoms with Crippen LogP contribution in [0, 0.1) is 0 Å². The fourth-order valence-corrected chi connectivity index (χ4v) is 2.41. The molecule has 0 bridgehead atoms. The second kappa shape index (κ2) is 5.90. The van der Waals surface area contributed by atoms with Crippen LogP contribution in [0.4, 0.5) is 5.69 Å². The average molecular weight is 286 g/mol. The first-order valence-electron chi connectivity index (χ1n) is 6.17. The molecule has 6 heteroatoms. The topological polar surface area (TPSA) is 69.6 Å². The number of benzene rings is 1. The van der Waals surface area contributed by atoms with Gasteiger partial charge in [0.25, 0.3) is 0 Å². The highest BCUT2D eigenvalue weighted by Crippen LogP contribution is 2.21. The van der Waals surface area contributed by atoms with E-state index in [4.69, 9.17) is 0 Å². The van der Waals surface area contributed by atoms with Gasteiger partial charge in [0, 0.05) is 19.8 Å². The Balaban J connectivity index is 2.95. The molecule has 0 radical (unpaired) electrons. The number of aliphatic hydroxyl groups excluding tert-OH is 1. The molecule has 1 unspecified atom stereocenters. The first kappa shape index (κ1) is 15.9. The number of nitrogens with zero attached hydrogens (tertiary/aromatic N) is 1. The largest absolute Gasteiger partial charge is 0.394 e. The van der Waals surface area contributed by atoms with Crippen molar-refractivity contribution in [1.82, 2.24) is 4.31 Å². The number of anilines is 1. The van der Waals surface area contributed by atoms with Gasteiger partial charge in [-0.1, -0.05) is 6.92 Å². The quantitative estimate of drug-likeness (QED) is 0.831. The van der Waals surface area contributed by atoms with Gasteiger partial charge in [-0.25, -0.2) is 12.7 Å². The summed E-state index contributed by atoms with van der Waals surface area (Å²) in [6.45, 7) is 3.91.